The first kappa shape index (κ1) is 28.3. The molecule has 0 atom stereocenters. The quantitative estimate of drug-likeness (QED) is 0.178. The lowest BCUT2D eigenvalue weighted by Crippen LogP contribution is -2.10. The van der Waals surface area contributed by atoms with Crippen LogP contribution in [-0.4, -0.2) is 0 Å². The molecule has 1 nitrogen and oxygen atoms in total. The van der Waals surface area contributed by atoms with Crippen molar-refractivity contribution in [3.8, 4) is 22.3 Å². The summed E-state index contributed by atoms with van der Waals surface area (Å²) in [4.78, 5) is 2.41. The van der Waals surface area contributed by atoms with E-state index in [9.17, 15) is 0 Å². The fraction of sp³-hybridized carbons (Fsp3) is 0. The van der Waals surface area contributed by atoms with E-state index in [0.29, 0.717) is 0 Å². The van der Waals surface area contributed by atoms with Gasteiger partial charge in [-0.05, 0) is 81.6 Å². The minimum Gasteiger partial charge on any atom is -0.310 e. The monoisotopic (exact) mass is 659 g/mol. The lowest BCUT2D eigenvalue weighted by molar-refractivity contribution is 1.29. The molecule has 0 amide bonds. The molecule has 0 aliphatic carbocycles. The van der Waals surface area contributed by atoms with E-state index < -0.39 is 0 Å². The number of fused-ring (bicyclic) bond motifs is 7. The van der Waals surface area contributed by atoms with Gasteiger partial charge in [-0.15, -0.1) is 22.7 Å². The highest BCUT2D eigenvalue weighted by molar-refractivity contribution is 7.26. The third-order valence-corrected chi connectivity index (χ3v) is 12.0. The first-order chi connectivity index (χ1) is 24.3. The van der Waals surface area contributed by atoms with Crippen molar-refractivity contribution in [1.29, 1.82) is 0 Å². The van der Waals surface area contributed by atoms with Gasteiger partial charge in [0.15, 0.2) is 0 Å². The molecule has 2 heterocycles. The second-order valence-corrected chi connectivity index (χ2v) is 14.7. The summed E-state index contributed by atoms with van der Waals surface area (Å²) in [6.45, 7) is 0. The molecule has 0 spiro atoms. The first-order valence-electron chi connectivity index (χ1n) is 16.6. The van der Waals surface area contributed by atoms with Crippen molar-refractivity contribution in [2.75, 3.05) is 4.90 Å². The molecular formula is C46H29NS2. The van der Waals surface area contributed by atoms with Crippen molar-refractivity contribution in [3.05, 3.63) is 176 Å². The molecule has 2 aromatic heterocycles. The number of hydrogen-bond acceptors (Lipinski definition) is 3. The maximum Gasteiger partial charge on any atom is 0.0476 e. The molecule has 0 unspecified atom stereocenters. The maximum atomic E-state index is 2.41. The Bertz CT molecular complexity index is 2830. The van der Waals surface area contributed by atoms with Crippen LogP contribution in [0.2, 0.25) is 0 Å². The van der Waals surface area contributed by atoms with Crippen LogP contribution >= 0.6 is 22.7 Å². The van der Waals surface area contributed by atoms with Crippen LogP contribution in [0.25, 0.3) is 73.4 Å². The Labute approximate surface area is 292 Å². The molecule has 0 saturated heterocycles. The minimum absolute atomic E-state index is 1.13. The minimum atomic E-state index is 1.13. The number of anilines is 3. The van der Waals surface area contributed by atoms with Crippen molar-refractivity contribution < 1.29 is 0 Å². The largest absolute Gasteiger partial charge is 0.310 e. The fourth-order valence-electron chi connectivity index (χ4n) is 7.36. The smallest absolute Gasteiger partial charge is 0.0476 e. The van der Waals surface area contributed by atoms with E-state index in [1.54, 1.807) is 0 Å². The zero-order valence-electron chi connectivity index (χ0n) is 26.5. The normalized spacial score (nSPS) is 11.7. The Kier molecular flexibility index (Phi) is 6.61. The van der Waals surface area contributed by atoms with Crippen molar-refractivity contribution in [2.45, 2.75) is 0 Å². The van der Waals surface area contributed by atoms with Crippen LogP contribution < -0.4 is 4.90 Å². The topological polar surface area (TPSA) is 3.24 Å². The Hall–Kier alpha value is -5.74. The predicted octanol–water partition coefficient (Wildman–Crippen LogP) is 14.4. The van der Waals surface area contributed by atoms with Gasteiger partial charge in [0.1, 0.15) is 0 Å². The molecule has 0 aliphatic heterocycles. The number of nitrogens with zero attached hydrogens (tertiary/aromatic N) is 1. The predicted molar refractivity (Wildman–Crippen MR) is 215 cm³/mol. The van der Waals surface area contributed by atoms with Crippen LogP contribution in [0.3, 0.4) is 0 Å². The third kappa shape index (κ3) is 4.74. The van der Waals surface area contributed by atoms with E-state index in [1.807, 2.05) is 22.7 Å². The van der Waals surface area contributed by atoms with Gasteiger partial charge in [-0.2, -0.15) is 0 Å². The van der Waals surface area contributed by atoms with Gasteiger partial charge in [-0.25, -0.2) is 0 Å². The summed E-state index contributed by atoms with van der Waals surface area (Å²) in [5.74, 6) is 0. The van der Waals surface area contributed by atoms with Crippen molar-refractivity contribution in [1.82, 2.24) is 0 Å². The van der Waals surface area contributed by atoms with Gasteiger partial charge in [-0.3, -0.25) is 0 Å². The third-order valence-electron chi connectivity index (χ3n) is 9.67. The average molecular weight is 660 g/mol. The summed E-state index contributed by atoms with van der Waals surface area (Å²) in [7, 11) is 0. The zero-order chi connectivity index (χ0) is 32.3. The highest BCUT2D eigenvalue weighted by Gasteiger charge is 2.17. The molecule has 8 aromatic carbocycles. The summed E-state index contributed by atoms with van der Waals surface area (Å²) in [6, 6.07) is 64.4. The van der Waals surface area contributed by atoms with Gasteiger partial charge in [0.25, 0.3) is 0 Å². The molecule has 0 aliphatic rings. The maximum absolute atomic E-state index is 2.41. The SMILES string of the molecule is c1cc(-c2cccc3ccccc23)cc(N(c2ccc(-c3cccc4c3sc3ccccc34)cc2)c2ccc3c(c2)sc2ccccc23)c1. The molecule has 10 aromatic rings. The van der Waals surface area contributed by atoms with Crippen molar-refractivity contribution >= 4 is 90.9 Å². The number of hydrogen-bond donors (Lipinski definition) is 0. The van der Waals surface area contributed by atoms with Gasteiger partial charge >= 0.3 is 0 Å². The Morgan fingerprint density at radius 3 is 1.78 bits per heavy atom. The summed E-state index contributed by atoms with van der Waals surface area (Å²) in [6.07, 6.45) is 0. The summed E-state index contributed by atoms with van der Waals surface area (Å²) in [5.41, 5.74) is 8.36. The number of thiophene rings is 2. The van der Waals surface area contributed by atoms with E-state index in [0.717, 1.165) is 17.1 Å². The molecule has 3 heteroatoms. The van der Waals surface area contributed by atoms with Crippen LogP contribution in [0, 0.1) is 0 Å². The van der Waals surface area contributed by atoms with E-state index in [4.69, 9.17) is 0 Å². The van der Waals surface area contributed by atoms with E-state index in [2.05, 4.69) is 181 Å². The lowest BCUT2D eigenvalue weighted by atomic mass is 9.97. The molecule has 0 bridgehead atoms. The van der Waals surface area contributed by atoms with Crippen LogP contribution in [0.1, 0.15) is 0 Å². The van der Waals surface area contributed by atoms with Crippen LogP contribution in [0.4, 0.5) is 17.1 Å². The summed E-state index contributed by atoms with van der Waals surface area (Å²) >= 11 is 3.74. The lowest BCUT2D eigenvalue weighted by Gasteiger charge is -2.26. The Balaban J connectivity index is 1.13. The van der Waals surface area contributed by atoms with Gasteiger partial charge in [0.2, 0.25) is 0 Å². The Morgan fingerprint density at radius 2 is 0.918 bits per heavy atom. The van der Waals surface area contributed by atoms with E-state index in [-0.39, 0.29) is 0 Å². The number of benzene rings is 8. The van der Waals surface area contributed by atoms with Crippen molar-refractivity contribution in [2.24, 2.45) is 0 Å². The summed E-state index contributed by atoms with van der Waals surface area (Å²) < 4.78 is 5.28. The standard InChI is InChI=1S/C46H29NS2/c1-2-14-36-30(10-1)11-8-17-37(36)32-12-7-13-34(28-32)47(35-26-27-41-39-15-3-5-20-43(39)48-45(41)29-35)33-24-22-31(23-25-33)38-18-9-19-42-40-16-4-6-21-44(40)49-46(38)42/h1-29H. The molecule has 0 fully saturated rings. The fourth-order valence-corrected chi connectivity index (χ4v) is 9.73. The van der Waals surface area contributed by atoms with Gasteiger partial charge in [-0.1, -0.05) is 127 Å². The van der Waals surface area contributed by atoms with E-state index in [1.165, 1.54) is 73.4 Å². The zero-order valence-corrected chi connectivity index (χ0v) is 28.1. The van der Waals surface area contributed by atoms with Gasteiger partial charge in [0, 0.05) is 57.4 Å². The van der Waals surface area contributed by atoms with Crippen LogP contribution in [0.5, 0.6) is 0 Å². The second kappa shape index (κ2) is 11.5. The molecule has 49 heavy (non-hydrogen) atoms. The molecule has 10 rings (SSSR count). The van der Waals surface area contributed by atoms with Gasteiger partial charge in [0.05, 0.1) is 0 Å². The van der Waals surface area contributed by atoms with Crippen molar-refractivity contribution in [3.63, 3.8) is 0 Å². The van der Waals surface area contributed by atoms with Crippen LogP contribution in [0.15, 0.2) is 176 Å². The molecular weight excluding hydrogens is 631 g/mol. The first-order valence-corrected chi connectivity index (χ1v) is 18.2. The second-order valence-electron chi connectivity index (χ2n) is 12.5. The van der Waals surface area contributed by atoms with Gasteiger partial charge < -0.3 is 4.90 Å². The highest BCUT2D eigenvalue weighted by atomic mass is 32.1. The molecule has 230 valence electrons. The van der Waals surface area contributed by atoms with Crippen LogP contribution in [-0.2, 0) is 0 Å². The summed E-state index contributed by atoms with van der Waals surface area (Å²) in [5, 5.41) is 7.79. The highest BCUT2D eigenvalue weighted by Crippen LogP contribution is 2.44. The van der Waals surface area contributed by atoms with E-state index >= 15 is 0 Å². The molecule has 0 N–H and O–H groups in total. The average Bonchev–Trinajstić information content (AvgIpc) is 3.73. The molecule has 0 radical (unpaired) electrons. The molecule has 0 saturated carbocycles. The number of rotatable bonds is 5. The Morgan fingerprint density at radius 1 is 0.327 bits per heavy atom.